The van der Waals surface area contributed by atoms with Crippen molar-refractivity contribution in [2.45, 2.75) is 20.4 Å². The highest BCUT2D eigenvalue weighted by Gasteiger charge is 2.24. The van der Waals surface area contributed by atoms with Crippen LogP contribution < -0.4 is 4.74 Å². The third-order valence-electron chi connectivity index (χ3n) is 4.04. The molecule has 1 amide bonds. The van der Waals surface area contributed by atoms with E-state index in [0.29, 0.717) is 23.9 Å². The van der Waals surface area contributed by atoms with Crippen molar-refractivity contribution in [2.24, 2.45) is 0 Å². The number of carbonyl (C=O) groups is 1. The van der Waals surface area contributed by atoms with E-state index in [1.165, 1.54) is 17.7 Å². The van der Waals surface area contributed by atoms with Crippen LogP contribution in [0.25, 0.3) is 10.2 Å². The number of hydrogen-bond donors (Lipinski definition) is 1. The lowest BCUT2D eigenvalue weighted by Crippen LogP contribution is -2.33. The second kappa shape index (κ2) is 8.25. The summed E-state index contributed by atoms with van der Waals surface area (Å²) in [7, 11) is 0. The summed E-state index contributed by atoms with van der Waals surface area (Å²) < 4.78 is 5.59. The molecule has 1 aromatic carbocycles. The second-order valence-corrected chi connectivity index (χ2v) is 6.78. The number of aliphatic hydroxyl groups excluding tert-OH is 1. The van der Waals surface area contributed by atoms with Gasteiger partial charge in [0.05, 0.1) is 23.5 Å². The number of nitrogens with zero attached hydrogens (tertiary/aromatic N) is 3. The van der Waals surface area contributed by atoms with Crippen molar-refractivity contribution in [3.63, 3.8) is 0 Å². The minimum absolute atomic E-state index is 0.0908. The standard InChI is InChI=1S/C19H21N3O3S/c1-3-25-17-15-13(2)16(26-18(15)21-12-20-17)19(24)22(9-10-23)11-14-7-5-4-6-8-14/h4-8,12,23H,3,9-11H2,1-2H3. The van der Waals surface area contributed by atoms with Crippen molar-refractivity contribution in [3.8, 4) is 5.88 Å². The number of aryl methyl sites for hydroxylation is 1. The molecule has 1 N–H and O–H groups in total. The van der Waals surface area contributed by atoms with Gasteiger partial charge in [-0.25, -0.2) is 9.97 Å². The first-order chi connectivity index (χ1) is 12.7. The van der Waals surface area contributed by atoms with Gasteiger partial charge in [-0.1, -0.05) is 30.3 Å². The molecule has 3 aromatic rings. The van der Waals surface area contributed by atoms with E-state index < -0.39 is 0 Å². The Morgan fingerprint density at radius 3 is 2.73 bits per heavy atom. The van der Waals surface area contributed by atoms with E-state index in [9.17, 15) is 9.90 Å². The number of carbonyl (C=O) groups excluding carboxylic acids is 1. The maximum absolute atomic E-state index is 13.1. The highest BCUT2D eigenvalue weighted by atomic mass is 32.1. The van der Waals surface area contributed by atoms with Crippen LogP contribution in [0.15, 0.2) is 36.7 Å². The Morgan fingerprint density at radius 2 is 2.04 bits per heavy atom. The van der Waals surface area contributed by atoms with Crippen molar-refractivity contribution >= 4 is 27.5 Å². The van der Waals surface area contributed by atoms with Gasteiger partial charge in [-0.2, -0.15) is 0 Å². The zero-order valence-electron chi connectivity index (χ0n) is 14.8. The fraction of sp³-hybridized carbons (Fsp3) is 0.316. The van der Waals surface area contributed by atoms with E-state index in [1.807, 2.05) is 44.2 Å². The Bertz CT molecular complexity index is 896. The minimum atomic E-state index is -0.120. The van der Waals surface area contributed by atoms with Gasteiger partial charge in [-0.05, 0) is 25.0 Å². The Morgan fingerprint density at radius 1 is 1.27 bits per heavy atom. The SMILES string of the molecule is CCOc1ncnc2sc(C(=O)N(CCO)Cc3ccccc3)c(C)c12. The van der Waals surface area contributed by atoms with Crippen LogP contribution in [0, 0.1) is 6.92 Å². The Labute approximate surface area is 156 Å². The molecule has 0 aliphatic heterocycles. The molecule has 136 valence electrons. The van der Waals surface area contributed by atoms with Gasteiger partial charge in [0.15, 0.2) is 0 Å². The minimum Gasteiger partial charge on any atom is -0.477 e. The van der Waals surface area contributed by atoms with Crippen molar-refractivity contribution in [2.75, 3.05) is 19.8 Å². The first-order valence-corrected chi connectivity index (χ1v) is 9.28. The molecule has 0 saturated carbocycles. The van der Waals surface area contributed by atoms with Crippen LogP contribution in [0.2, 0.25) is 0 Å². The number of fused-ring (bicyclic) bond motifs is 1. The van der Waals surface area contributed by atoms with Crippen molar-refractivity contribution < 1.29 is 14.6 Å². The predicted molar refractivity (Wildman–Crippen MR) is 102 cm³/mol. The molecule has 0 unspecified atom stereocenters. The fourth-order valence-corrected chi connectivity index (χ4v) is 3.92. The molecule has 26 heavy (non-hydrogen) atoms. The summed E-state index contributed by atoms with van der Waals surface area (Å²) >= 11 is 1.33. The lowest BCUT2D eigenvalue weighted by Gasteiger charge is -2.21. The molecule has 2 heterocycles. The second-order valence-electron chi connectivity index (χ2n) is 5.78. The molecule has 0 saturated heterocycles. The molecular formula is C19H21N3O3S. The molecule has 2 aromatic heterocycles. The lowest BCUT2D eigenvalue weighted by atomic mass is 10.1. The number of ether oxygens (including phenoxy) is 1. The summed E-state index contributed by atoms with van der Waals surface area (Å²) in [6.45, 7) is 4.90. The summed E-state index contributed by atoms with van der Waals surface area (Å²) in [5.41, 5.74) is 1.83. The molecule has 0 fully saturated rings. The molecule has 0 aliphatic carbocycles. The molecular weight excluding hydrogens is 350 g/mol. The Kier molecular flexibility index (Phi) is 5.80. The highest BCUT2D eigenvalue weighted by Crippen LogP contribution is 2.35. The van der Waals surface area contributed by atoms with Crippen LogP contribution in [-0.4, -0.2) is 45.6 Å². The molecule has 3 rings (SSSR count). The largest absolute Gasteiger partial charge is 0.477 e. The molecule has 0 radical (unpaired) electrons. The zero-order chi connectivity index (χ0) is 18.5. The number of aliphatic hydroxyl groups is 1. The number of rotatable bonds is 7. The average Bonchev–Trinajstić information content (AvgIpc) is 3.00. The van der Waals surface area contributed by atoms with Gasteiger partial charge in [0, 0.05) is 13.1 Å². The topological polar surface area (TPSA) is 75.6 Å². The van der Waals surface area contributed by atoms with E-state index in [4.69, 9.17) is 4.74 Å². The van der Waals surface area contributed by atoms with E-state index in [2.05, 4.69) is 9.97 Å². The van der Waals surface area contributed by atoms with E-state index in [0.717, 1.165) is 21.3 Å². The van der Waals surface area contributed by atoms with Crippen molar-refractivity contribution in [1.29, 1.82) is 0 Å². The van der Waals surface area contributed by atoms with Crippen molar-refractivity contribution in [1.82, 2.24) is 14.9 Å². The first kappa shape index (κ1) is 18.3. The normalized spacial score (nSPS) is 10.9. The first-order valence-electron chi connectivity index (χ1n) is 8.46. The van der Waals surface area contributed by atoms with Crippen LogP contribution >= 0.6 is 11.3 Å². The maximum atomic E-state index is 13.1. The van der Waals surface area contributed by atoms with Crippen LogP contribution in [-0.2, 0) is 6.54 Å². The van der Waals surface area contributed by atoms with E-state index >= 15 is 0 Å². The molecule has 0 atom stereocenters. The van der Waals surface area contributed by atoms with Gasteiger partial charge in [0.1, 0.15) is 11.2 Å². The number of thiophene rings is 1. The molecule has 0 aliphatic rings. The zero-order valence-corrected chi connectivity index (χ0v) is 15.6. The third-order valence-corrected chi connectivity index (χ3v) is 5.23. The summed E-state index contributed by atoms with van der Waals surface area (Å²) in [4.78, 5) is 24.6. The third kappa shape index (κ3) is 3.68. The fourth-order valence-electron chi connectivity index (χ4n) is 2.81. The van der Waals surface area contributed by atoms with Crippen LogP contribution in [0.5, 0.6) is 5.88 Å². The molecule has 0 bridgehead atoms. The predicted octanol–water partition coefficient (Wildman–Crippen LogP) is 3.03. The Balaban J connectivity index is 1.96. The lowest BCUT2D eigenvalue weighted by molar-refractivity contribution is 0.0712. The summed E-state index contributed by atoms with van der Waals surface area (Å²) in [5, 5.41) is 10.2. The van der Waals surface area contributed by atoms with E-state index in [1.54, 1.807) is 4.90 Å². The number of benzene rings is 1. The number of amides is 1. The highest BCUT2D eigenvalue weighted by molar-refractivity contribution is 7.20. The van der Waals surface area contributed by atoms with Gasteiger partial charge in [0.25, 0.3) is 5.91 Å². The summed E-state index contributed by atoms with van der Waals surface area (Å²) in [5.74, 6) is 0.382. The average molecular weight is 371 g/mol. The smallest absolute Gasteiger partial charge is 0.264 e. The van der Waals surface area contributed by atoms with Gasteiger partial charge in [-0.3, -0.25) is 4.79 Å². The summed E-state index contributed by atoms with van der Waals surface area (Å²) in [6, 6.07) is 9.74. The molecule has 6 nitrogen and oxygen atoms in total. The van der Waals surface area contributed by atoms with Crippen molar-refractivity contribution in [3.05, 3.63) is 52.7 Å². The maximum Gasteiger partial charge on any atom is 0.264 e. The molecule has 7 heteroatoms. The van der Waals surface area contributed by atoms with Crippen LogP contribution in [0.3, 0.4) is 0 Å². The monoisotopic (exact) mass is 371 g/mol. The van der Waals surface area contributed by atoms with Crippen LogP contribution in [0.1, 0.15) is 27.7 Å². The van der Waals surface area contributed by atoms with Gasteiger partial charge < -0.3 is 14.7 Å². The van der Waals surface area contributed by atoms with Gasteiger partial charge in [0.2, 0.25) is 5.88 Å². The van der Waals surface area contributed by atoms with Gasteiger partial charge >= 0.3 is 0 Å². The van der Waals surface area contributed by atoms with Crippen LogP contribution in [0.4, 0.5) is 0 Å². The molecule has 0 spiro atoms. The van der Waals surface area contributed by atoms with Gasteiger partial charge in [-0.15, -0.1) is 11.3 Å². The summed E-state index contributed by atoms with van der Waals surface area (Å²) in [6.07, 6.45) is 1.45. The quantitative estimate of drug-likeness (QED) is 0.691. The van der Waals surface area contributed by atoms with E-state index in [-0.39, 0.29) is 19.1 Å². The Hall–Kier alpha value is -2.51. The number of hydrogen-bond acceptors (Lipinski definition) is 6. The number of aromatic nitrogens is 2.